The zero-order chi connectivity index (χ0) is 23.6. The molecule has 172 valence electrons. The topological polar surface area (TPSA) is 52.6 Å². The molecule has 0 bridgehead atoms. The van der Waals surface area contributed by atoms with Crippen LogP contribution in [-0.2, 0) is 15.7 Å². The first-order chi connectivity index (χ1) is 16.7. The molecule has 4 aromatic carbocycles. The highest BCUT2D eigenvalue weighted by molar-refractivity contribution is 5.76. The predicted octanol–water partition coefficient (Wildman–Crippen LogP) is -0.588. The minimum Gasteiger partial charge on any atom is -0.247 e. The average molecular weight is 678 g/mol. The van der Waals surface area contributed by atoms with E-state index < -0.39 is 40.5 Å². The number of benzene rings is 4. The normalized spacial score (nSPS) is 10.8. The van der Waals surface area contributed by atoms with Crippen molar-refractivity contribution in [1.29, 1.82) is 0 Å². The van der Waals surface area contributed by atoms with Crippen LogP contribution in [0.5, 0.6) is 0 Å². The van der Waals surface area contributed by atoms with E-state index in [0.29, 0.717) is 0 Å². The summed E-state index contributed by atoms with van der Waals surface area (Å²) in [7, 11) is 0. The number of carbonyl (C=O) groups excluding carboxylic acids is 2. The standard InChI is InChI=1S/C28H24I2O4/c31-27(33-29(23-13-5-1-6-14-23)24-15-7-2-8-16-24)21-22-28(32)34-30(25-17-9-3-10-18-25)26-19-11-4-12-20-26/h1-20H,21-22H2/q+2. The summed E-state index contributed by atoms with van der Waals surface area (Å²) in [6.45, 7) is 0. The zero-order valence-corrected chi connectivity index (χ0v) is 22.7. The van der Waals surface area contributed by atoms with E-state index in [9.17, 15) is 9.59 Å². The van der Waals surface area contributed by atoms with Crippen molar-refractivity contribution in [2.24, 2.45) is 0 Å². The quantitative estimate of drug-likeness (QED) is 0.223. The fourth-order valence-electron chi connectivity index (χ4n) is 3.00. The Hall–Kier alpha value is -2.72. The van der Waals surface area contributed by atoms with Gasteiger partial charge < -0.3 is 0 Å². The van der Waals surface area contributed by atoms with Crippen LogP contribution in [0, 0.1) is 14.3 Å². The monoisotopic (exact) mass is 678 g/mol. The van der Waals surface area contributed by atoms with Gasteiger partial charge in [0.25, 0.3) is 0 Å². The molecule has 0 N–H and O–H groups in total. The Balaban J connectivity index is 1.41. The Morgan fingerprint density at radius 3 is 0.912 bits per heavy atom. The van der Waals surface area contributed by atoms with Gasteiger partial charge in [0.1, 0.15) is 0 Å². The maximum atomic E-state index is 12.8. The highest BCUT2D eigenvalue weighted by Crippen LogP contribution is 1.94. The number of rotatable bonds is 9. The van der Waals surface area contributed by atoms with Crippen LogP contribution in [-0.4, -0.2) is 11.9 Å². The summed E-state index contributed by atoms with van der Waals surface area (Å²) in [5.74, 6) is -0.732. The molecule has 0 aliphatic rings. The Bertz CT molecular complexity index is 1010. The summed E-state index contributed by atoms with van der Waals surface area (Å²) in [5, 5.41) is 0. The number of carbonyl (C=O) groups is 2. The van der Waals surface area contributed by atoms with Crippen molar-refractivity contribution < 1.29 is 56.2 Å². The molecule has 0 saturated carbocycles. The zero-order valence-electron chi connectivity index (χ0n) is 18.4. The smallest absolute Gasteiger partial charge is 0.247 e. The SMILES string of the molecule is O=C(CCC(=O)O[I+](c1ccccc1)c1ccccc1)O[I+](c1ccccc1)c1ccccc1. The van der Waals surface area contributed by atoms with Gasteiger partial charge in [0.15, 0.2) is 14.3 Å². The molecular formula is C28H24I2O4+2. The summed E-state index contributed by atoms with van der Waals surface area (Å²) in [6, 6.07) is 39.4. The van der Waals surface area contributed by atoms with Crippen molar-refractivity contribution in [3.8, 4) is 0 Å². The summed E-state index contributed by atoms with van der Waals surface area (Å²) >= 11 is -4.81. The summed E-state index contributed by atoms with van der Waals surface area (Å²) in [5.41, 5.74) is 0. The largest absolute Gasteiger partial charge is 0.360 e. The molecule has 0 spiro atoms. The van der Waals surface area contributed by atoms with Crippen LogP contribution >= 0.6 is 0 Å². The van der Waals surface area contributed by atoms with Crippen LogP contribution in [0.15, 0.2) is 121 Å². The molecule has 0 saturated heterocycles. The molecule has 2 radical (unpaired) electrons. The first-order valence-corrected chi connectivity index (χ1v) is 16.8. The second-order valence-electron chi connectivity index (χ2n) is 7.08. The number of hydrogen-bond acceptors (Lipinski definition) is 4. The Morgan fingerprint density at radius 1 is 0.441 bits per heavy atom. The second kappa shape index (κ2) is 12.7. The van der Waals surface area contributed by atoms with Crippen molar-refractivity contribution in [2.75, 3.05) is 0 Å². The van der Waals surface area contributed by atoms with Gasteiger partial charge in [0, 0.05) is 0 Å². The molecular weight excluding hydrogens is 654 g/mol. The Morgan fingerprint density at radius 2 is 0.676 bits per heavy atom. The van der Waals surface area contributed by atoms with E-state index in [0.717, 1.165) is 14.3 Å². The molecule has 0 heterocycles. The fraction of sp³-hybridized carbons (Fsp3) is 0.0714. The van der Waals surface area contributed by atoms with Crippen LogP contribution in [0.4, 0.5) is 0 Å². The van der Waals surface area contributed by atoms with E-state index in [2.05, 4.69) is 0 Å². The van der Waals surface area contributed by atoms with Crippen molar-refractivity contribution in [2.45, 2.75) is 12.8 Å². The van der Waals surface area contributed by atoms with Gasteiger partial charge in [-0.05, 0) is 48.5 Å². The van der Waals surface area contributed by atoms with Gasteiger partial charge in [-0.3, -0.25) is 0 Å². The molecule has 0 amide bonds. The van der Waals surface area contributed by atoms with Crippen LogP contribution in [0.2, 0.25) is 0 Å². The van der Waals surface area contributed by atoms with Gasteiger partial charge in [0.05, 0.1) is 12.8 Å². The molecule has 4 rings (SSSR count). The maximum Gasteiger partial charge on any atom is 0.360 e. The molecule has 0 unspecified atom stereocenters. The fourth-order valence-corrected chi connectivity index (χ4v) is 11.2. The van der Waals surface area contributed by atoms with Gasteiger partial charge in [-0.25, -0.2) is 15.7 Å². The van der Waals surface area contributed by atoms with Crippen molar-refractivity contribution in [1.82, 2.24) is 0 Å². The van der Waals surface area contributed by atoms with Crippen molar-refractivity contribution in [3.63, 3.8) is 0 Å². The van der Waals surface area contributed by atoms with Gasteiger partial charge in [-0.15, -0.1) is 0 Å². The molecule has 0 aromatic heterocycles. The number of halogens is 2. The van der Waals surface area contributed by atoms with E-state index in [1.807, 2.05) is 121 Å². The minimum atomic E-state index is -2.40. The van der Waals surface area contributed by atoms with Gasteiger partial charge >= 0.3 is 52.4 Å². The second-order valence-corrected chi connectivity index (χ2v) is 15.8. The molecule has 34 heavy (non-hydrogen) atoms. The molecule has 4 nitrogen and oxygen atoms in total. The lowest BCUT2D eigenvalue weighted by Gasteiger charge is -2.06. The lowest BCUT2D eigenvalue weighted by atomic mass is 10.3. The summed E-state index contributed by atoms with van der Waals surface area (Å²) < 4.78 is 16.1. The van der Waals surface area contributed by atoms with E-state index >= 15 is 0 Å². The lowest BCUT2D eigenvalue weighted by Crippen LogP contribution is -3.85. The molecule has 0 atom stereocenters. The summed E-state index contributed by atoms with van der Waals surface area (Å²) in [6.07, 6.45) is 0.0000933. The highest BCUT2D eigenvalue weighted by Gasteiger charge is 2.36. The van der Waals surface area contributed by atoms with Gasteiger partial charge in [-0.2, -0.15) is 0 Å². The average Bonchev–Trinajstić information content (AvgIpc) is 2.91. The Labute approximate surface area is 215 Å². The van der Waals surface area contributed by atoms with Crippen LogP contribution in [0.1, 0.15) is 12.8 Å². The molecule has 0 aliphatic carbocycles. The van der Waals surface area contributed by atoms with Crippen molar-refractivity contribution >= 4 is 11.9 Å². The van der Waals surface area contributed by atoms with E-state index in [1.165, 1.54) is 0 Å². The van der Waals surface area contributed by atoms with E-state index in [-0.39, 0.29) is 24.8 Å². The van der Waals surface area contributed by atoms with Gasteiger partial charge in [-0.1, -0.05) is 72.8 Å². The molecule has 6 heteroatoms. The third-order valence-electron chi connectivity index (χ3n) is 4.58. The van der Waals surface area contributed by atoms with E-state index in [4.69, 9.17) is 6.13 Å². The Kier molecular flexibility index (Phi) is 9.09. The first kappa shape index (κ1) is 24.4. The predicted molar refractivity (Wildman–Crippen MR) is 122 cm³/mol. The molecule has 4 aromatic rings. The molecule has 0 fully saturated rings. The molecule has 0 aliphatic heterocycles. The van der Waals surface area contributed by atoms with Gasteiger partial charge in [0.2, 0.25) is 0 Å². The maximum absolute atomic E-state index is 12.8. The highest BCUT2D eigenvalue weighted by atomic mass is 127. The van der Waals surface area contributed by atoms with Crippen LogP contribution in [0.25, 0.3) is 0 Å². The van der Waals surface area contributed by atoms with Crippen LogP contribution < -0.4 is 40.5 Å². The third-order valence-corrected chi connectivity index (χ3v) is 13.9. The van der Waals surface area contributed by atoms with Crippen molar-refractivity contribution in [3.05, 3.63) is 136 Å². The number of hydrogen-bond donors (Lipinski definition) is 0. The van der Waals surface area contributed by atoms with E-state index in [1.54, 1.807) is 0 Å². The first-order valence-electron chi connectivity index (χ1n) is 10.7. The minimum absolute atomic E-state index is 0.0000467. The lowest BCUT2D eigenvalue weighted by molar-refractivity contribution is -1.04. The summed E-state index contributed by atoms with van der Waals surface area (Å²) in [4.78, 5) is 25.5. The third kappa shape index (κ3) is 6.89. The van der Waals surface area contributed by atoms with Crippen LogP contribution in [0.3, 0.4) is 0 Å².